The van der Waals surface area contributed by atoms with Crippen LogP contribution in [-0.2, 0) is 0 Å². The molecule has 0 amide bonds. The molecule has 0 spiro atoms. The van der Waals surface area contributed by atoms with E-state index in [2.05, 4.69) is 15.9 Å². The van der Waals surface area contributed by atoms with Crippen molar-refractivity contribution in [2.45, 2.75) is 6.10 Å². The first-order valence-corrected chi connectivity index (χ1v) is 6.55. The summed E-state index contributed by atoms with van der Waals surface area (Å²) in [6.45, 7) is 0. The van der Waals surface area contributed by atoms with Gasteiger partial charge in [-0.05, 0) is 39.0 Å². The van der Waals surface area contributed by atoms with E-state index in [0.29, 0.717) is 5.56 Å². The van der Waals surface area contributed by atoms with Crippen LogP contribution >= 0.6 is 38.9 Å². The lowest BCUT2D eigenvalue weighted by molar-refractivity contribution is 0.220. The van der Waals surface area contributed by atoms with Gasteiger partial charge in [0.15, 0.2) is 0 Å². The monoisotopic (exact) mass is 320 g/mol. The van der Waals surface area contributed by atoms with E-state index in [1.54, 1.807) is 0 Å². The molecule has 1 unspecified atom stereocenters. The number of aliphatic hydroxyl groups excluding tert-OH is 1. The van der Waals surface area contributed by atoms with Gasteiger partial charge in [-0.15, -0.1) is 0 Å². The maximum absolute atomic E-state index is 13.0. The average Bonchev–Trinajstić information content (AvgIpc) is 2.67. The second-order valence-corrected chi connectivity index (χ2v) is 5.26. The molecule has 84 valence electrons. The molecule has 0 aliphatic heterocycles. The quantitative estimate of drug-likeness (QED) is 0.870. The zero-order chi connectivity index (χ0) is 11.7. The van der Waals surface area contributed by atoms with Crippen molar-refractivity contribution in [3.8, 4) is 0 Å². The highest BCUT2D eigenvalue weighted by Crippen LogP contribution is 2.32. The molecule has 1 aromatic heterocycles. The molecule has 1 heterocycles. The zero-order valence-corrected chi connectivity index (χ0v) is 11.1. The third kappa shape index (κ3) is 2.30. The number of hydrogen-bond donors (Lipinski definition) is 1. The molecule has 0 bridgehead atoms. The summed E-state index contributed by atoms with van der Waals surface area (Å²) in [6.07, 6.45) is -0.793. The summed E-state index contributed by atoms with van der Waals surface area (Å²) in [5.74, 6) is -0.484. The molecule has 5 heteroatoms. The number of rotatable bonds is 2. The zero-order valence-electron chi connectivity index (χ0n) is 7.95. The van der Waals surface area contributed by atoms with Gasteiger partial charge in [-0.1, -0.05) is 17.7 Å². The van der Waals surface area contributed by atoms with Crippen LogP contribution in [0.2, 0.25) is 5.02 Å². The van der Waals surface area contributed by atoms with Gasteiger partial charge >= 0.3 is 0 Å². The molecule has 1 N–H and O–H groups in total. The smallest absolute Gasteiger partial charge is 0.141 e. The van der Waals surface area contributed by atoms with Crippen molar-refractivity contribution >= 4 is 38.9 Å². The minimum Gasteiger partial charge on any atom is -0.384 e. The van der Waals surface area contributed by atoms with Crippen molar-refractivity contribution in [3.63, 3.8) is 0 Å². The molecule has 0 radical (unpaired) electrons. The second kappa shape index (κ2) is 4.84. The van der Waals surface area contributed by atoms with Crippen molar-refractivity contribution < 1.29 is 9.50 Å². The highest BCUT2D eigenvalue weighted by Gasteiger charge is 2.15. The fraction of sp³-hybridized carbons (Fsp3) is 0.0909. The Balaban J connectivity index is 2.38. The van der Waals surface area contributed by atoms with Gasteiger partial charge < -0.3 is 5.11 Å². The Labute approximate surface area is 110 Å². The van der Waals surface area contributed by atoms with Crippen LogP contribution in [0.15, 0.2) is 33.4 Å². The normalized spacial score (nSPS) is 12.8. The Morgan fingerprint density at radius 2 is 2.12 bits per heavy atom. The van der Waals surface area contributed by atoms with Crippen LogP contribution in [0.25, 0.3) is 0 Å². The lowest BCUT2D eigenvalue weighted by Crippen LogP contribution is -1.99. The summed E-state index contributed by atoms with van der Waals surface area (Å²) < 4.78 is 13.8. The van der Waals surface area contributed by atoms with Gasteiger partial charge in [0.2, 0.25) is 0 Å². The summed E-state index contributed by atoms with van der Waals surface area (Å²) in [7, 11) is 0. The first-order chi connectivity index (χ1) is 7.59. The van der Waals surface area contributed by atoms with Crippen LogP contribution in [-0.4, -0.2) is 5.11 Å². The van der Waals surface area contributed by atoms with Gasteiger partial charge in [0, 0.05) is 15.4 Å². The molecule has 0 saturated heterocycles. The summed E-state index contributed by atoms with van der Waals surface area (Å²) >= 11 is 10.5. The highest BCUT2D eigenvalue weighted by atomic mass is 79.9. The van der Waals surface area contributed by atoms with E-state index in [0.717, 1.165) is 10.0 Å². The van der Waals surface area contributed by atoms with Crippen LogP contribution in [0.4, 0.5) is 4.39 Å². The minimum absolute atomic E-state index is 0.0166. The van der Waals surface area contributed by atoms with Crippen LogP contribution in [0, 0.1) is 5.82 Å². The third-order valence-electron chi connectivity index (χ3n) is 2.20. The molecule has 2 rings (SSSR count). The van der Waals surface area contributed by atoms with Gasteiger partial charge in [-0.3, -0.25) is 0 Å². The van der Waals surface area contributed by atoms with E-state index >= 15 is 0 Å². The predicted molar refractivity (Wildman–Crippen MR) is 67.5 cm³/mol. The summed E-state index contributed by atoms with van der Waals surface area (Å²) in [5.41, 5.74) is 1.33. The highest BCUT2D eigenvalue weighted by molar-refractivity contribution is 9.10. The Bertz CT molecular complexity index is 514. The van der Waals surface area contributed by atoms with Gasteiger partial charge in [-0.2, -0.15) is 11.3 Å². The first kappa shape index (κ1) is 12.0. The number of hydrogen-bond acceptors (Lipinski definition) is 2. The van der Waals surface area contributed by atoms with E-state index < -0.39 is 11.9 Å². The predicted octanol–water partition coefficient (Wildman–Crippen LogP) is 4.38. The lowest BCUT2D eigenvalue weighted by atomic mass is 10.0. The summed E-state index contributed by atoms with van der Waals surface area (Å²) in [6, 6.07) is 4.21. The molecule has 0 aliphatic rings. The second-order valence-electron chi connectivity index (χ2n) is 3.25. The Hall–Kier alpha value is -0.420. The number of aliphatic hydroxyl groups is 1. The number of benzene rings is 1. The van der Waals surface area contributed by atoms with Crippen molar-refractivity contribution in [2.75, 3.05) is 0 Å². The molecule has 0 saturated carbocycles. The van der Waals surface area contributed by atoms with Crippen molar-refractivity contribution in [1.29, 1.82) is 0 Å². The molecule has 0 fully saturated rings. The molecule has 1 atom stereocenters. The number of thiophene rings is 1. The van der Waals surface area contributed by atoms with Crippen LogP contribution in [0.5, 0.6) is 0 Å². The van der Waals surface area contributed by atoms with Gasteiger partial charge in [0.1, 0.15) is 11.9 Å². The van der Waals surface area contributed by atoms with Crippen molar-refractivity contribution in [1.82, 2.24) is 0 Å². The fourth-order valence-corrected chi connectivity index (χ4v) is 3.07. The Kier molecular flexibility index (Phi) is 3.64. The lowest BCUT2D eigenvalue weighted by Gasteiger charge is -2.10. The Morgan fingerprint density at radius 3 is 2.69 bits per heavy atom. The molecular weight excluding hydrogens is 315 g/mol. The maximum Gasteiger partial charge on any atom is 0.141 e. The van der Waals surface area contributed by atoms with Crippen molar-refractivity contribution in [3.05, 3.63) is 55.4 Å². The van der Waals surface area contributed by atoms with Crippen LogP contribution < -0.4 is 0 Å². The van der Waals surface area contributed by atoms with E-state index in [-0.39, 0.29) is 5.02 Å². The molecule has 2 aromatic rings. The number of halogens is 3. The molecule has 1 aromatic carbocycles. The largest absolute Gasteiger partial charge is 0.384 e. The minimum atomic E-state index is -0.793. The van der Waals surface area contributed by atoms with E-state index in [9.17, 15) is 9.50 Å². The molecule has 16 heavy (non-hydrogen) atoms. The fourth-order valence-electron chi connectivity index (χ4n) is 1.35. The van der Waals surface area contributed by atoms with Gasteiger partial charge in [0.05, 0.1) is 5.02 Å². The first-order valence-electron chi connectivity index (χ1n) is 4.44. The van der Waals surface area contributed by atoms with Gasteiger partial charge in [0.25, 0.3) is 0 Å². The van der Waals surface area contributed by atoms with Crippen LogP contribution in [0.3, 0.4) is 0 Å². The van der Waals surface area contributed by atoms with E-state index in [4.69, 9.17) is 11.6 Å². The summed E-state index contributed by atoms with van der Waals surface area (Å²) in [4.78, 5) is 0. The van der Waals surface area contributed by atoms with E-state index in [1.807, 2.05) is 10.8 Å². The Morgan fingerprint density at radius 1 is 1.38 bits per heavy atom. The standard InChI is InChI=1S/C11H7BrClFOS/c12-8-5-16-4-7(8)11(15)6-1-2-10(14)9(13)3-6/h1-5,11,15H. The van der Waals surface area contributed by atoms with Gasteiger partial charge in [-0.25, -0.2) is 4.39 Å². The summed E-state index contributed by atoms with van der Waals surface area (Å²) in [5, 5.41) is 13.8. The van der Waals surface area contributed by atoms with Crippen molar-refractivity contribution in [2.24, 2.45) is 0 Å². The maximum atomic E-state index is 13.0. The third-order valence-corrected chi connectivity index (χ3v) is 4.24. The average molecular weight is 322 g/mol. The SMILES string of the molecule is OC(c1ccc(F)c(Cl)c1)c1cscc1Br. The molecular formula is C11H7BrClFOS. The van der Waals surface area contributed by atoms with E-state index in [1.165, 1.54) is 29.5 Å². The molecule has 0 aliphatic carbocycles. The van der Waals surface area contributed by atoms with Crippen LogP contribution in [0.1, 0.15) is 17.2 Å². The topological polar surface area (TPSA) is 20.2 Å². The molecule has 1 nitrogen and oxygen atoms in total.